The van der Waals surface area contributed by atoms with Crippen LogP contribution in [0.15, 0.2) is 5.16 Å². The standard InChI is InChI=1S/C14H27N3O2/c1-4-10-6-8-11(9-7-10)16-13(18)14(3,5-2)12(15)17-19/h10-11,19H,4-9H2,1-3H3,(H2,15,17)(H,16,18). The molecule has 110 valence electrons. The van der Waals surface area contributed by atoms with Gasteiger partial charge in [0.25, 0.3) is 0 Å². The van der Waals surface area contributed by atoms with Crippen molar-refractivity contribution in [2.45, 2.75) is 65.3 Å². The lowest BCUT2D eigenvalue weighted by Crippen LogP contribution is -2.51. The molecule has 1 aliphatic rings. The Bertz CT molecular complexity index is 336. The van der Waals surface area contributed by atoms with Gasteiger partial charge in [-0.05, 0) is 44.9 Å². The van der Waals surface area contributed by atoms with Crippen molar-refractivity contribution in [3.63, 3.8) is 0 Å². The lowest BCUT2D eigenvalue weighted by molar-refractivity contribution is -0.128. The Morgan fingerprint density at radius 1 is 1.37 bits per heavy atom. The van der Waals surface area contributed by atoms with Crippen LogP contribution in [0.4, 0.5) is 0 Å². The normalized spacial score (nSPS) is 27.6. The summed E-state index contributed by atoms with van der Waals surface area (Å²) in [7, 11) is 0. The van der Waals surface area contributed by atoms with E-state index < -0.39 is 5.41 Å². The molecule has 0 spiro atoms. The molecule has 0 aromatic carbocycles. The maximum absolute atomic E-state index is 12.3. The average molecular weight is 269 g/mol. The molecule has 0 aromatic rings. The highest BCUT2D eigenvalue weighted by Gasteiger charge is 2.37. The Balaban J connectivity index is 2.59. The summed E-state index contributed by atoms with van der Waals surface area (Å²) < 4.78 is 0. The summed E-state index contributed by atoms with van der Waals surface area (Å²) in [6.07, 6.45) is 6.14. The van der Waals surface area contributed by atoms with Crippen molar-refractivity contribution in [1.29, 1.82) is 0 Å². The van der Waals surface area contributed by atoms with Gasteiger partial charge >= 0.3 is 0 Å². The first-order valence-electron chi connectivity index (χ1n) is 7.26. The van der Waals surface area contributed by atoms with Gasteiger partial charge in [-0.15, -0.1) is 0 Å². The van der Waals surface area contributed by atoms with Gasteiger partial charge < -0.3 is 16.3 Å². The van der Waals surface area contributed by atoms with Crippen molar-refractivity contribution in [2.75, 3.05) is 0 Å². The maximum Gasteiger partial charge on any atom is 0.233 e. The van der Waals surface area contributed by atoms with Crippen molar-refractivity contribution in [3.05, 3.63) is 0 Å². The monoisotopic (exact) mass is 269 g/mol. The number of oxime groups is 1. The molecule has 5 heteroatoms. The molecule has 4 N–H and O–H groups in total. The first kappa shape index (κ1) is 15.8. The third kappa shape index (κ3) is 3.61. The zero-order valence-corrected chi connectivity index (χ0v) is 12.3. The molecule has 0 aromatic heterocycles. The Morgan fingerprint density at radius 3 is 2.37 bits per heavy atom. The molecular weight excluding hydrogens is 242 g/mol. The molecule has 19 heavy (non-hydrogen) atoms. The quantitative estimate of drug-likeness (QED) is 0.309. The number of nitrogens with zero attached hydrogens (tertiary/aromatic N) is 1. The molecule has 0 bridgehead atoms. The van der Waals surface area contributed by atoms with Crippen molar-refractivity contribution in [2.24, 2.45) is 22.2 Å². The zero-order chi connectivity index (χ0) is 14.5. The number of amides is 1. The van der Waals surface area contributed by atoms with E-state index in [0.29, 0.717) is 6.42 Å². The van der Waals surface area contributed by atoms with Crippen molar-refractivity contribution in [3.8, 4) is 0 Å². The number of rotatable bonds is 5. The minimum absolute atomic E-state index is 0.0188. The third-order valence-electron chi connectivity index (χ3n) is 4.64. The summed E-state index contributed by atoms with van der Waals surface area (Å²) >= 11 is 0. The molecule has 0 aliphatic heterocycles. The number of carbonyl (C=O) groups is 1. The molecule has 1 aliphatic carbocycles. The first-order chi connectivity index (χ1) is 8.97. The molecule has 0 saturated heterocycles. The smallest absolute Gasteiger partial charge is 0.233 e. The maximum atomic E-state index is 12.3. The predicted octanol–water partition coefficient (Wildman–Crippen LogP) is 2.23. The minimum Gasteiger partial charge on any atom is -0.409 e. The van der Waals surface area contributed by atoms with Gasteiger partial charge in [0.2, 0.25) is 5.91 Å². The largest absolute Gasteiger partial charge is 0.409 e. The molecule has 0 radical (unpaired) electrons. The molecule has 0 heterocycles. The summed E-state index contributed by atoms with van der Waals surface area (Å²) in [6.45, 7) is 5.80. The number of carbonyl (C=O) groups excluding carboxylic acids is 1. The highest BCUT2D eigenvalue weighted by molar-refractivity contribution is 6.06. The average Bonchev–Trinajstić information content (AvgIpc) is 2.46. The van der Waals surface area contributed by atoms with Crippen LogP contribution < -0.4 is 11.1 Å². The molecule has 5 nitrogen and oxygen atoms in total. The van der Waals surface area contributed by atoms with E-state index in [1.165, 1.54) is 19.3 Å². The van der Waals surface area contributed by atoms with Crippen LogP contribution >= 0.6 is 0 Å². The van der Waals surface area contributed by atoms with E-state index in [9.17, 15) is 4.79 Å². The van der Waals surface area contributed by atoms with Gasteiger partial charge in [-0.3, -0.25) is 4.79 Å². The summed E-state index contributed by atoms with van der Waals surface area (Å²) in [4.78, 5) is 12.3. The van der Waals surface area contributed by atoms with E-state index in [-0.39, 0.29) is 17.8 Å². The van der Waals surface area contributed by atoms with E-state index in [1.807, 2.05) is 6.92 Å². The first-order valence-corrected chi connectivity index (χ1v) is 7.26. The summed E-state index contributed by atoms with van der Waals surface area (Å²) in [5.74, 6) is 0.648. The molecule has 1 saturated carbocycles. The number of nitrogens with two attached hydrogens (primary N) is 1. The Kier molecular flexibility index (Phi) is 5.63. The van der Waals surface area contributed by atoms with E-state index in [4.69, 9.17) is 10.9 Å². The second-order valence-corrected chi connectivity index (χ2v) is 5.77. The van der Waals surface area contributed by atoms with Gasteiger partial charge in [-0.1, -0.05) is 25.4 Å². The van der Waals surface area contributed by atoms with Crippen molar-refractivity contribution in [1.82, 2.24) is 5.32 Å². The predicted molar refractivity (Wildman–Crippen MR) is 76.0 cm³/mol. The third-order valence-corrected chi connectivity index (χ3v) is 4.64. The summed E-state index contributed by atoms with van der Waals surface area (Å²) in [5.41, 5.74) is 4.73. The minimum atomic E-state index is -0.920. The van der Waals surface area contributed by atoms with Crippen LogP contribution in [-0.4, -0.2) is 23.0 Å². The lowest BCUT2D eigenvalue weighted by Gasteiger charge is -2.32. The highest BCUT2D eigenvalue weighted by atomic mass is 16.4. The second-order valence-electron chi connectivity index (χ2n) is 5.77. The Morgan fingerprint density at radius 2 is 1.95 bits per heavy atom. The number of nitrogens with one attached hydrogen (secondary N) is 1. The SMILES string of the molecule is CCC1CCC(NC(=O)C(C)(CC)C(N)=NO)CC1. The van der Waals surface area contributed by atoms with E-state index in [0.717, 1.165) is 18.8 Å². The fraction of sp³-hybridized carbons (Fsp3) is 0.857. The van der Waals surface area contributed by atoms with Crippen molar-refractivity contribution >= 4 is 11.7 Å². The van der Waals surface area contributed by atoms with Crippen LogP contribution in [0, 0.1) is 11.3 Å². The molecular formula is C14H27N3O2. The summed E-state index contributed by atoms with van der Waals surface area (Å²) in [6, 6.07) is 0.229. The van der Waals surface area contributed by atoms with Gasteiger partial charge in [-0.25, -0.2) is 0 Å². The van der Waals surface area contributed by atoms with Gasteiger partial charge in [0.15, 0.2) is 5.84 Å². The van der Waals surface area contributed by atoms with Crippen molar-refractivity contribution < 1.29 is 10.0 Å². The van der Waals surface area contributed by atoms with Gasteiger partial charge in [0, 0.05) is 6.04 Å². The van der Waals surface area contributed by atoms with E-state index >= 15 is 0 Å². The Labute approximate surface area is 115 Å². The molecule has 1 unspecified atom stereocenters. The highest BCUT2D eigenvalue weighted by Crippen LogP contribution is 2.28. The molecule has 1 fully saturated rings. The van der Waals surface area contributed by atoms with Crippen LogP contribution in [0.2, 0.25) is 0 Å². The van der Waals surface area contributed by atoms with Gasteiger partial charge in [-0.2, -0.15) is 0 Å². The van der Waals surface area contributed by atoms with Gasteiger partial charge in [0.05, 0.1) is 0 Å². The Hall–Kier alpha value is -1.26. The van der Waals surface area contributed by atoms with Gasteiger partial charge in [0.1, 0.15) is 5.41 Å². The zero-order valence-electron chi connectivity index (χ0n) is 12.3. The number of hydrogen-bond acceptors (Lipinski definition) is 3. The van der Waals surface area contributed by atoms with Crippen LogP contribution in [0.3, 0.4) is 0 Å². The van der Waals surface area contributed by atoms with E-state index in [1.54, 1.807) is 6.92 Å². The molecule has 1 atom stereocenters. The number of amidine groups is 1. The van der Waals surface area contributed by atoms with Crippen LogP contribution in [0.1, 0.15) is 59.3 Å². The van der Waals surface area contributed by atoms with Crippen LogP contribution in [0.5, 0.6) is 0 Å². The topological polar surface area (TPSA) is 87.7 Å². The van der Waals surface area contributed by atoms with E-state index in [2.05, 4.69) is 17.4 Å². The van der Waals surface area contributed by atoms with Crippen LogP contribution in [-0.2, 0) is 4.79 Å². The number of hydrogen-bond donors (Lipinski definition) is 3. The lowest BCUT2D eigenvalue weighted by atomic mass is 9.82. The summed E-state index contributed by atoms with van der Waals surface area (Å²) in [5, 5.41) is 14.9. The van der Waals surface area contributed by atoms with Crippen LogP contribution in [0.25, 0.3) is 0 Å². The molecule has 1 amide bonds. The molecule has 1 rings (SSSR count). The fourth-order valence-corrected chi connectivity index (χ4v) is 2.63. The second kappa shape index (κ2) is 6.78. The fourth-order valence-electron chi connectivity index (χ4n) is 2.63.